The molecule has 27 heavy (non-hydrogen) atoms. The number of carbonyl (C=O) groups is 3. The molecule has 0 spiro atoms. The van der Waals surface area contributed by atoms with Crippen LogP contribution in [0, 0.1) is 13.8 Å². The van der Waals surface area contributed by atoms with E-state index in [1.807, 2.05) is 0 Å². The summed E-state index contributed by atoms with van der Waals surface area (Å²) in [5.41, 5.74) is 8.45. The Balaban J connectivity index is 2.29. The summed E-state index contributed by atoms with van der Waals surface area (Å²) in [4.78, 5) is 35.4. The third kappa shape index (κ3) is 4.89. The highest BCUT2D eigenvalue weighted by atomic mass is 16.3. The molecule has 0 aliphatic carbocycles. The fourth-order valence-electron chi connectivity index (χ4n) is 2.76. The van der Waals surface area contributed by atoms with Gasteiger partial charge in [-0.05, 0) is 66.4 Å². The van der Waals surface area contributed by atoms with Crippen molar-refractivity contribution in [1.82, 2.24) is 10.9 Å². The topological polar surface area (TPSA) is 95.5 Å². The lowest BCUT2D eigenvalue weighted by Gasteiger charge is -2.09. The van der Waals surface area contributed by atoms with Crippen molar-refractivity contribution in [3.05, 3.63) is 69.8 Å². The number of aromatic hydroxyl groups is 1. The van der Waals surface area contributed by atoms with Crippen LogP contribution in [0.1, 0.15) is 43.0 Å². The van der Waals surface area contributed by atoms with E-state index in [0.717, 1.165) is 16.7 Å². The van der Waals surface area contributed by atoms with Crippen LogP contribution in [0.2, 0.25) is 0 Å². The number of phenols is 1. The summed E-state index contributed by atoms with van der Waals surface area (Å²) in [6, 6.07) is 8.21. The number of hydrogen-bond donors (Lipinski definition) is 3. The van der Waals surface area contributed by atoms with Gasteiger partial charge in [0.15, 0.2) is 5.78 Å². The first-order valence-electron chi connectivity index (χ1n) is 8.43. The smallest absolute Gasteiger partial charge is 0.265 e. The van der Waals surface area contributed by atoms with Crippen LogP contribution in [0.5, 0.6) is 5.75 Å². The second-order valence-corrected chi connectivity index (χ2v) is 6.15. The van der Waals surface area contributed by atoms with Gasteiger partial charge in [0, 0.05) is 24.6 Å². The van der Waals surface area contributed by atoms with Gasteiger partial charge in [0.05, 0.1) is 0 Å². The van der Waals surface area contributed by atoms with E-state index in [4.69, 9.17) is 0 Å². The molecule has 6 nitrogen and oxygen atoms in total. The zero-order valence-electron chi connectivity index (χ0n) is 15.5. The molecule has 2 aromatic carbocycles. The van der Waals surface area contributed by atoms with E-state index in [-0.39, 0.29) is 23.9 Å². The minimum atomic E-state index is -0.376. The summed E-state index contributed by atoms with van der Waals surface area (Å²) in [6.07, 6.45) is 3.83. The molecule has 0 unspecified atom stereocenters. The standard InChI is InChI=1S/C21H22N2O4/c1-13-10-15(11-14(2)20(13)26)4-7-19(25)17-5-6-18(21(27)23-22-3)16(12-17)8-9-24/h4-7,9-12,22,26H,8H2,1-3H3,(H,23,27). The van der Waals surface area contributed by atoms with Crippen molar-refractivity contribution in [3.63, 3.8) is 0 Å². The molecular formula is C21H22N2O4. The number of nitrogens with one attached hydrogen (secondary N) is 2. The van der Waals surface area contributed by atoms with Crippen LogP contribution in [-0.2, 0) is 11.2 Å². The van der Waals surface area contributed by atoms with Gasteiger partial charge in [-0.1, -0.05) is 12.1 Å². The first kappa shape index (κ1) is 20.1. The van der Waals surface area contributed by atoms with Gasteiger partial charge in [-0.15, -0.1) is 0 Å². The number of amides is 1. The molecule has 0 radical (unpaired) electrons. The summed E-state index contributed by atoms with van der Waals surface area (Å²) < 4.78 is 0. The Morgan fingerprint density at radius 1 is 1.11 bits per heavy atom. The third-order valence-electron chi connectivity index (χ3n) is 4.12. The number of phenolic OH excluding ortho intramolecular Hbond substituents is 1. The van der Waals surface area contributed by atoms with Crippen molar-refractivity contribution in [1.29, 1.82) is 0 Å². The van der Waals surface area contributed by atoms with Gasteiger partial charge in [-0.2, -0.15) is 0 Å². The number of allylic oxidation sites excluding steroid dienone is 1. The number of aryl methyl sites for hydroxylation is 2. The van der Waals surface area contributed by atoms with Gasteiger partial charge >= 0.3 is 0 Å². The maximum atomic E-state index is 12.5. The largest absolute Gasteiger partial charge is 0.507 e. The number of hydrazine groups is 1. The Kier molecular flexibility index (Phi) is 6.62. The second kappa shape index (κ2) is 8.91. The Morgan fingerprint density at radius 2 is 1.78 bits per heavy atom. The number of benzene rings is 2. The SMILES string of the molecule is CNNC(=O)c1ccc(C(=O)C=Cc2cc(C)c(O)c(C)c2)cc1CC=O. The lowest BCUT2D eigenvalue weighted by atomic mass is 9.98. The number of rotatable bonds is 7. The minimum Gasteiger partial charge on any atom is -0.507 e. The van der Waals surface area contributed by atoms with Crippen molar-refractivity contribution < 1.29 is 19.5 Å². The fraction of sp³-hybridized carbons (Fsp3) is 0.190. The Bertz CT molecular complexity index is 893. The maximum Gasteiger partial charge on any atom is 0.265 e. The van der Waals surface area contributed by atoms with E-state index in [1.54, 1.807) is 51.2 Å². The molecule has 0 heterocycles. The van der Waals surface area contributed by atoms with Gasteiger partial charge in [-0.25, -0.2) is 5.43 Å². The molecule has 2 rings (SSSR count). The van der Waals surface area contributed by atoms with Crippen molar-refractivity contribution in [2.45, 2.75) is 20.3 Å². The zero-order chi connectivity index (χ0) is 20.0. The molecule has 1 amide bonds. The molecule has 0 fully saturated rings. The van der Waals surface area contributed by atoms with E-state index in [9.17, 15) is 19.5 Å². The Labute approximate surface area is 157 Å². The van der Waals surface area contributed by atoms with Crippen molar-refractivity contribution >= 4 is 24.1 Å². The molecule has 0 saturated heterocycles. The summed E-state index contributed by atoms with van der Waals surface area (Å²) in [7, 11) is 1.56. The average molecular weight is 366 g/mol. The first-order valence-corrected chi connectivity index (χ1v) is 8.43. The van der Waals surface area contributed by atoms with Crippen LogP contribution in [-0.4, -0.2) is 30.1 Å². The number of ketones is 1. The van der Waals surface area contributed by atoms with Crippen LogP contribution >= 0.6 is 0 Å². The normalized spacial score (nSPS) is 10.8. The highest BCUT2D eigenvalue weighted by molar-refractivity contribution is 6.08. The summed E-state index contributed by atoms with van der Waals surface area (Å²) in [5.74, 6) is -0.377. The molecule has 0 saturated carbocycles. The fourth-order valence-corrected chi connectivity index (χ4v) is 2.76. The summed E-state index contributed by atoms with van der Waals surface area (Å²) in [5, 5.41) is 9.82. The van der Waals surface area contributed by atoms with Gasteiger partial charge < -0.3 is 9.90 Å². The molecule has 0 aliphatic heterocycles. The van der Waals surface area contributed by atoms with Crippen molar-refractivity contribution in [3.8, 4) is 5.75 Å². The van der Waals surface area contributed by atoms with Crippen LogP contribution in [0.15, 0.2) is 36.4 Å². The van der Waals surface area contributed by atoms with E-state index < -0.39 is 0 Å². The van der Waals surface area contributed by atoms with E-state index >= 15 is 0 Å². The number of aldehydes is 1. The van der Waals surface area contributed by atoms with Gasteiger partial charge in [0.25, 0.3) is 5.91 Å². The van der Waals surface area contributed by atoms with Gasteiger partial charge in [-0.3, -0.25) is 15.0 Å². The highest BCUT2D eigenvalue weighted by Crippen LogP contribution is 2.23. The molecule has 140 valence electrons. The Hall–Kier alpha value is -3.25. The van der Waals surface area contributed by atoms with Crippen LogP contribution < -0.4 is 10.9 Å². The molecule has 0 atom stereocenters. The monoisotopic (exact) mass is 366 g/mol. The minimum absolute atomic E-state index is 0.0354. The van der Waals surface area contributed by atoms with Crippen LogP contribution in [0.4, 0.5) is 0 Å². The third-order valence-corrected chi connectivity index (χ3v) is 4.12. The highest BCUT2D eigenvalue weighted by Gasteiger charge is 2.13. The maximum absolute atomic E-state index is 12.5. The second-order valence-electron chi connectivity index (χ2n) is 6.15. The van der Waals surface area contributed by atoms with Gasteiger partial charge in [0.1, 0.15) is 12.0 Å². The zero-order valence-corrected chi connectivity index (χ0v) is 15.5. The predicted molar refractivity (Wildman–Crippen MR) is 104 cm³/mol. The lowest BCUT2D eigenvalue weighted by Crippen LogP contribution is -2.34. The van der Waals surface area contributed by atoms with Crippen molar-refractivity contribution in [2.24, 2.45) is 0 Å². The average Bonchev–Trinajstić information content (AvgIpc) is 2.64. The number of carbonyl (C=O) groups excluding carboxylic acids is 3. The summed E-state index contributed by atoms with van der Waals surface area (Å²) in [6.45, 7) is 3.59. The van der Waals surface area contributed by atoms with Gasteiger partial charge in [0.2, 0.25) is 0 Å². The van der Waals surface area contributed by atoms with Crippen LogP contribution in [0.25, 0.3) is 6.08 Å². The predicted octanol–water partition coefficient (Wildman–Crippen LogP) is 2.51. The summed E-state index contributed by atoms with van der Waals surface area (Å²) >= 11 is 0. The van der Waals surface area contributed by atoms with Crippen molar-refractivity contribution in [2.75, 3.05) is 7.05 Å². The molecule has 0 aromatic heterocycles. The quantitative estimate of drug-likeness (QED) is 0.303. The van der Waals surface area contributed by atoms with E-state index in [1.165, 1.54) is 12.1 Å². The lowest BCUT2D eigenvalue weighted by molar-refractivity contribution is -0.107. The van der Waals surface area contributed by atoms with Crippen LogP contribution in [0.3, 0.4) is 0 Å². The molecule has 0 bridgehead atoms. The molecule has 2 aromatic rings. The van der Waals surface area contributed by atoms with E-state index in [2.05, 4.69) is 10.9 Å². The van der Waals surface area contributed by atoms with E-state index in [0.29, 0.717) is 23.0 Å². The molecule has 6 heteroatoms. The number of hydrogen-bond acceptors (Lipinski definition) is 5. The Morgan fingerprint density at radius 3 is 2.37 bits per heavy atom. The molecular weight excluding hydrogens is 344 g/mol. The molecule has 0 aliphatic rings. The first-order chi connectivity index (χ1) is 12.9. The molecule has 3 N–H and O–H groups in total.